The lowest BCUT2D eigenvalue weighted by Crippen LogP contribution is -2.54. The van der Waals surface area contributed by atoms with E-state index in [9.17, 15) is 15.2 Å². The largest absolute Gasteiger partial charge is 0.497 e. The number of aliphatic hydroxyl groups excluding tert-OH is 1. The molecule has 17 nitrogen and oxygen atoms in total. The number of fused-ring (bicyclic) bond motifs is 3. The Bertz CT molecular complexity index is 3470. The minimum absolute atomic E-state index is 0.0594. The molecule has 4 heterocycles. The van der Waals surface area contributed by atoms with E-state index in [0.717, 1.165) is 10.6 Å². The lowest BCUT2D eigenvalue weighted by atomic mass is 9.65. The first kappa shape index (κ1) is 51.8. The summed E-state index contributed by atoms with van der Waals surface area (Å²) in [6.07, 6.45) is -2.12. The van der Waals surface area contributed by atoms with E-state index in [2.05, 4.69) is 22.1 Å². The van der Waals surface area contributed by atoms with Crippen LogP contribution in [0.1, 0.15) is 57.1 Å². The molecule has 0 saturated carbocycles. The number of para-hydroxylation sites is 1. The second kappa shape index (κ2) is 22.3. The molecule has 7 aromatic carbocycles. The third-order valence-electron chi connectivity index (χ3n) is 14.9. The van der Waals surface area contributed by atoms with E-state index in [4.69, 9.17) is 23.7 Å². The molecule has 11 rings (SSSR count). The zero-order chi connectivity index (χ0) is 54.6. The van der Waals surface area contributed by atoms with E-state index in [1.54, 1.807) is 86.0 Å². The van der Waals surface area contributed by atoms with Crippen LogP contribution in [0.3, 0.4) is 0 Å². The number of methoxy groups -OCH3 is 1. The Morgan fingerprint density at radius 3 is 2.13 bits per heavy atom. The van der Waals surface area contributed by atoms with E-state index in [1.807, 2.05) is 77.7 Å². The maximum Gasteiger partial charge on any atom is 0.421 e. The predicted octanol–water partition coefficient (Wildman–Crippen LogP) is 8.85. The summed E-state index contributed by atoms with van der Waals surface area (Å²) in [5, 5.41) is 24.9. The minimum atomic E-state index is -2.22. The second-order valence-electron chi connectivity index (χ2n) is 19.3. The molecule has 0 aliphatic carbocycles. The number of ether oxygens (including phenoxy) is 5. The Morgan fingerprint density at radius 2 is 1.44 bits per heavy atom. The highest BCUT2D eigenvalue weighted by molar-refractivity contribution is 6.24. The van der Waals surface area contributed by atoms with E-state index >= 15 is 19.2 Å². The summed E-state index contributed by atoms with van der Waals surface area (Å²) < 4.78 is 29.9. The first-order valence-electron chi connectivity index (χ1n) is 25.8. The SMILES string of the molecule is COc1ccc(C#Cc2ccc3c(c2)[C@]2(C(=O)N3C(=O)OCc3ccc([N+](=O)[O-])cc3)[C@H](c3ccccc3OCCO)N3[C@H](c4ccccc4)[C@H](c4ccccc4)OC(=O)[C@H]3[C@@H]2C(=O)Nc2ccc(N3CCOCC3)cc2)cc1. The number of amides is 3. The molecular formula is C62H53N5O12. The number of nitro benzene ring substituents is 1. The van der Waals surface area contributed by atoms with E-state index in [-0.39, 0.29) is 35.9 Å². The smallest absolute Gasteiger partial charge is 0.421 e. The normalized spacial score (nSPS) is 21.3. The molecule has 2 N–H and O–H groups in total. The zero-order valence-electron chi connectivity index (χ0n) is 42.8. The van der Waals surface area contributed by atoms with Gasteiger partial charge in [0.1, 0.15) is 42.3 Å². The van der Waals surface area contributed by atoms with Crippen molar-refractivity contribution in [2.75, 3.05) is 61.7 Å². The van der Waals surface area contributed by atoms with Gasteiger partial charge in [-0.1, -0.05) is 90.7 Å². The topological polar surface area (TPSA) is 200 Å². The number of morpholine rings is 2. The van der Waals surface area contributed by atoms with Gasteiger partial charge in [0.15, 0.2) is 0 Å². The molecule has 0 bridgehead atoms. The molecule has 3 amide bonds. The number of rotatable bonds is 13. The average molecular weight is 1060 g/mol. The van der Waals surface area contributed by atoms with E-state index < -0.39 is 71.0 Å². The maximum atomic E-state index is 16.9. The number of esters is 1. The van der Waals surface area contributed by atoms with Gasteiger partial charge in [0, 0.05) is 53.3 Å². The first-order chi connectivity index (χ1) is 38.6. The van der Waals surface area contributed by atoms with Crippen LogP contribution in [0.25, 0.3) is 0 Å². The summed E-state index contributed by atoms with van der Waals surface area (Å²) in [5.41, 5.74) is 2.26. The molecule has 0 unspecified atom stereocenters. The van der Waals surface area contributed by atoms with Crippen LogP contribution >= 0.6 is 0 Å². The van der Waals surface area contributed by atoms with E-state index in [1.165, 1.54) is 24.3 Å². The van der Waals surface area contributed by atoms with Crippen molar-refractivity contribution in [3.63, 3.8) is 0 Å². The Morgan fingerprint density at radius 1 is 0.785 bits per heavy atom. The summed E-state index contributed by atoms with van der Waals surface area (Å²) in [7, 11) is 1.57. The molecule has 1 spiro atoms. The Kier molecular flexibility index (Phi) is 14.6. The number of non-ortho nitro benzene ring substituents is 1. The van der Waals surface area contributed by atoms with Crippen molar-refractivity contribution in [3.05, 3.63) is 225 Å². The van der Waals surface area contributed by atoms with Crippen LogP contribution in [0, 0.1) is 27.9 Å². The maximum absolute atomic E-state index is 16.9. The number of nitro groups is 1. The molecule has 4 aliphatic heterocycles. The number of cyclic esters (lactones) is 1. The zero-order valence-corrected chi connectivity index (χ0v) is 42.8. The van der Waals surface area contributed by atoms with Gasteiger partial charge >= 0.3 is 12.1 Å². The number of carbonyl (C=O) groups is 4. The summed E-state index contributed by atoms with van der Waals surface area (Å²) in [6, 6.07) is 46.6. The third-order valence-corrected chi connectivity index (χ3v) is 14.9. The number of imide groups is 1. The van der Waals surface area contributed by atoms with Crippen molar-refractivity contribution in [2.45, 2.75) is 36.3 Å². The highest BCUT2D eigenvalue weighted by atomic mass is 16.6. The van der Waals surface area contributed by atoms with E-state index in [0.29, 0.717) is 71.1 Å². The van der Waals surface area contributed by atoms with Gasteiger partial charge in [0.2, 0.25) is 11.8 Å². The van der Waals surface area contributed by atoms with Gasteiger partial charge in [-0.05, 0) is 107 Å². The van der Waals surface area contributed by atoms with Crippen LogP contribution in [-0.2, 0) is 40.6 Å². The first-order valence-corrected chi connectivity index (χ1v) is 25.8. The molecule has 0 radical (unpaired) electrons. The number of nitrogens with zero attached hydrogens (tertiary/aromatic N) is 4. The Hall–Kier alpha value is -9.34. The third kappa shape index (κ3) is 9.78. The molecule has 398 valence electrons. The van der Waals surface area contributed by atoms with Gasteiger partial charge in [-0.25, -0.2) is 9.69 Å². The fourth-order valence-electron chi connectivity index (χ4n) is 11.5. The average Bonchev–Trinajstić information content (AvgIpc) is 3.49. The van der Waals surface area contributed by atoms with Crippen LogP contribution in [0.4, 0.5) is 27.5 Å². The van der Waals surface area contributed by atoms with Crippen molar-refractivity contribution in [1.29, 1.82) is 0 Å². The van der Waals surface area contributed by atoms with Crippen LogP contribution < -0.4 is 24.6 Å². The van der Waals surface area contributed by atoms with Gasteiger partial charge in [-0.2, -0.15) is 0 Å². The number of carbonyl (C=O) groups excluding carboxylic acids is 4. The molecule has 3 fully saturated rings. The van der Waals surface area contributed by atoms with Gasteiger partial charge in [0.25, 0.3) is 5.69 Å². The molecule has 4 aliphatic rings. The quantitative estimate of drug-likeness (QED) is 0.0480. The summed E-state index contributed by atoms with van der Waals surface area (Å²) in [4.78, 5) is 79.9. The monoisotopic (exact) mass is 1060 g/mol. The molecule has 7 aromatic rings. The van der Waals surface area contributed by atoms with Crippen LogP contribution in [0.15, 0.2) is 176 Å². The number of nitrogens with one attached hydrogen (secondary N) is 1. The second-order valence-corrected chi connectivity index (χ2v) is 19.3. The van der Waals surface area contributed by atoms with Crippen molar-refractivity contribution in [1.82, 2.24) is 4.90 Å². The molecule has 3 saturated heterocycles. The number of aliphatic hydroxyl groups is 1. The summed E-state index contributed by atoms with van der Waals surface area (Å²) in [5.74, 6) is 3.21. The van der Waals surface area contributed by atoms with Crippen LogP contribution in [-0.4, -0.2) is 91.5 Å². The lowest BCUT2D eigenvalue weighted by molar-refractivity contribution is -0.384. The number of anilines is 3. The van der Waals surface area contributed by atoms with Gasteiger partial charge < -0.3 is 39.0 Å². The van der Waals surface area contributed by atoms with Crippen molar-refractivity contribution < 1.29 is 52.9 Å². The highest BCUT2D eigenvalue weighted by Gasteiger charge is 2.76. The number of benzene rings is 7. The minimum Gasteiger partial charge on any atom is -0.497 e. The van der Waals surface area contributed by atoms with Crippen LogP contribution in [0.5, 0.6) is 11.5 Å². The fraction of sp³-hybridized carbons (Fsp3) is 0.226. The van der Waals surface area contributed by atoms with Crippen molar-refractivity contribution in [2.24, 2.45) is 5.92 Å². The predicted molar refractivity (Wildman–Crippen MR) is 291 cm³/mol. The fourth-order valence-corrected chi connectivity index (χ4v) is 11.5. The molecule has 6 atom stereocenters. The number of hydrogen-bond acceptors (Lipinski definition) is 14. The molecule has 17 heteroatoms. The standard InChI is InChI=1S/C62H53N5O12/c1-75-48-29-20-40(21-30-48)16-17-41-22-31-51-50(38-41)62(60(71)65(51)61(72)78-39-42-18-25-47(26-19-42)67(73)74)53(58(69)63-45-23-27-46(28-24-45)64-32-35-76-36-33-64)55-59(70)79-56(44-12-6-3-7-13-44)54(43-10-4-2-5-11-43)66(55)57(62)49-14-8-9-15-52(49)77-37-34-68/h2-15,18-31,38,53-57,68H,32-37,39H2,1H3,(H,63,69)/t53-,54-,55-,56+,57+,62-/m1/s1. The van der Waals surface area contributed by atoms with Crippen molar-refractivity contribution >= 4 is 46.6 Å². The van der Waals surface area contributed by atoms with Gasteiger partial charge in [-0.15, -0.1) is 0 Å². The lowest BCUT2D eigenvalue weighted by Gasteiger charge is -2.46. The van der Waals surface area contributed by atoms with Gasteiger partial charge in [0.05, 0.1) is 55.5 Å². The van der Waals surface area contributed by atoms with Crippen LogP contribution in [0.2, 0.25) is 0 Å². The summed E-state index contributed by atoms with van der Waals surface area (Å²) >= 11 is 0. The molecule has 0 aromatic heterocycles. The van der Waals surface area contributed by atoms with Gasteiger partial charge in [-0.3, -0.25) is 29.4 Å². The number of hydrogen-bond donors (Lipinski definition) is 2. The Balaban J connectivity index is 1.16. The van der Waals surface area contributed by atoms with Crippen molar-refractivity contribution in [3.8, 4) is 23.3 Å². The molecule has 79 heavy (non-hydrogen) atoms. The highest BCUT2D eigenvalue weighted by Crippen LogP contribution is 2.67. The Labute approximate surface area is 455 Å². The summed E-state index contributed by atoms with van der Waals surface area (Å²) in [6.45, 7) is 1.56. The molecular weight excluding hydrogens is 1010 g/mol.